The van der Waals surface area contributed by atoms with Crippen molar-refractivity contribution in [3.05, 3.63) is 34.0 Å². The molecule has 1 heterocycles. The Morgan fingerprint density at radius 2 is 1.90 bits per heavy atom. The summed E-state index contributed by atoms with van der Waals surface area (Å²) in [5.41, 5.74) is 0.621. The Morgan fingerprint density at radius 3 is 2.45 bits per heavy atom. The van der Waals surface area contributed by atoms with E-state index in [1.54, 1.807) is 19.1 Å². The normalized spacial score (nSPS) is 11.9. The average molecular weight is 303 g/mol. The molecule has 0 bridgehead atoms. The molecular weight excluding hydrogens is 289 g/mol. The van der Waals surface area contributed by atoms with E-state index in [0.717, 1.165) is 0 Å². The summed E-state index contributed by atoms with van der Waals surface area (Å²) in [6.45, 7) is 5.47. The molecule has 0 fully saturated rings. The molecule has 0 radical (unpaired) electrons. The minimum absolute atomic E-state index is 0.0912. The topological polar surface area (TPSA) is 24.9 Å². The van der Waals surface area contributed by atoms with Gasteiger partial charge in [-0.2, -0.15) is 13.2 Å². The van der Waals surface area contributed by atoms with Gasteiger partial charge < -0.3 is 5.32 Å². The summed E-state index contributed by atoms with van der Waals surface area (Å²) < 4.78 is 39.3. The van der Waals surface area contributed by atoms with Gasteiger partial charge in [0.1, 0.15) is 5.69 Å². The van der Waals surface area contributed by atoms with Crippen molar-refractivity contribution in [1.82, 2.24) is 4.98 Å². The maximum absolute atomic E-state index is 13.1. The minimum Gasteiger partial charge on any atom is -0.385 e. The SMILES string of the molecule is CCNc1c(C)c(C(F)(F)F)nc2c(C)cc(Cl)cc12. The maximum Gasteiger partial charge on any atom is 0.433 e. The molecule has 2 rings (SSSR count). The van der Waals surface area contributed by atoms with Crippen LogP contribution in [0.25, 0.3) is 10.9 Å². The van der Waals surface area contributed by atoms with Gasteiger partial charge in [-0.05, 0) is 38.5 Å². The number of nitrogens with one attached hydrogen (secondary N) is 1. The highest BCUT2D eigenvalue weighted by Crippen LogP contribution is 2.38. The predicted molar refractivity (Wildman–Crippen MR) is 75.4 cm³/mol. The number of halogens is 4. The van der Waals surface area contributed by atoms with E-state index in [-0.39, 0.29) is 5.56 Å². The predicted octanol–water partition coefficient (Wildman–Crippen LogP) is 4.96. The van der Waals surface area contributed by atoms with Crippen molar-refractivity contribution in [3.8, 4) is 0 Å². The first-order chi connectivity index (χ1) is 9.25. The first-order valence-corrected chi connectivity index (χ1v) is 6.55. The van der Waals surface area contributed by atoms with Crippen LogP contribution in [-0.4, -0.2) is 11.5 Å². The first-order valence-electron chi connectivity index (χ1n) is 6.17. The number of fused-ring (bicyclic) bond motifs is 1. The van der Waals surface area contributed by atoms with Crippen LogP contribution >= 0.6 is 11.6 Å². The van der Waals surface area contributed by atoms with Gasteiger partial charge in [-0.3, -0.25) is 0 Å². The van der Waals surface area contributed by atoms with Crippen LogP contribution in [0.5, 0.6) is 0 Å². The summed E-state index contributed by atoms with van der Waals surface area (Å²) in [7, 11) is 0. The number of anilines is 1. The van der Waals surface area contributed by atoms with Crippen molar-refractivity contribution in [2.75, 3.05) is 11.9 Å². The maximum atomic E-state index is 13.1. The number of benzene rings is 1. The average Bonchev–Trinajstić information content (AvgIpc) is 2.31. The number of aryl methyl sites for hydroxylation is 1. The van der Waals surface area contributed by atoms with E-state index in [0.29, 0.717) is 33.7 Å². The number of alkyl halides is 3. The first kappa shape index (κ1) is 14.9. The number of pyridine rings is 1. The summed E-state index contributed by atoms with van der Waals surface area (Å²) in [6, 6.07) is 3.25. The molecule has 0 amide bonds. The summed E-state index contributed by atoms with van der Waals surface area (Å²) >= 11 is 6.00. The Kier molecular flexibility index (Phi) is 3.82. The second kappa shape index (κ2) is 5.13. The molecule has 0 atom stereocenters. The largest absolute Gasteiger partial charge is 0.433 e. The fraction of sp³-hybridized carbons (Fsp3) is 0.357. The molecule has 0 spiro atoms. The zero-order valence-electron chi connectivity index (χ0n) is 11.3. The van der Waals surface area contributed by atoms with Gasteiger partial charge >= 0.3 is 6.18 Å². The van der Waals surface area contributed by atoms with Crippen molar-refractivity contribution in [2.45, 2.75) is 26.9 Å². The molecule has 0 saturated carbocycles. The van der Waals surface area contributed by atoms with Gasteiger partial charge in [0.25, 0.3) is 0 Å². The van der Waals surface area contributed by atoms with Gasteiger partial charge in [0.15, 0.2) is 0 Å². The number of aromatic nitrogens is 1. The van der Waals surface area contributed by atoms with Crippen LogP contribution in [0.15, 0.2) is 12.1 Å². The third-order valence-corrected chi connectivity index (χ3v) is 3.33. The molecule has 1 aromatic carbocycles. The van der Waals surface area contributed by atoms with E-state index in [1.165, 1.54) is 6.92 Å². The molecule has 0 aliphatic heterocycles. The van der Waals surface area contributed by atoms with Crippen LogP contribution in [0.1, 0.15) is 23.7 Å². The third kappa shape index (κ3) is 2.54. The number of hydrogen-bond acceptors (Lipinski definition) is 2. The van der Waals surface area contributed by atoms with Gasteiger partial charge in [-0.1, -0.05) is 11.6 Å². The molecule has 2 aromatic rings. The van der Waals surface area contributed by atoms with E-state index in [4.69, 9.17) is 11.6 Å². The molecule has 0 aliphatic rings. The quantitative estimate of drug-likeness (QED) is 0.848. The van der Waals surface area contributed by atoms with Crippen molar-refractivity contribution in [3.63, 3.8) is 0 Å². The monoisotopic (exact) mass is 302 g/mol. The van der Waals surface area contributed by atoms with Crippen LogP contribution in [0.3, 0.4) is 0 Å². The molecule has 1 aromatic heterocycles. The Labute approximate surface area is 120 Å². The van der Waals surface area contributed by atoms with Gasteiger partial charge in [0.05, 0.1) is 5.52 Å². The second-order valence-electron chi connectivity index (χ2n) is 4.61. The number of hydrogen-bond donors (Lipinski definition) is 1. The molecule has 2 nitrogen and oxygen atoms in total. The molecule has 1 N–H and O–H groups in total. The lowest BCUT2D eigenvalue weighted by Gasteiger charge is -2.18. The summed E-state index contributed by atoms with van der Waals surface area (Å²) in [4.78, 5) is 3.81. The van der Waals surface area contributed by atoms with Crippen LogP contribution in [0.2, 0.25) is 5.02 Å². The second-order valence-corrected chi connectivity index (χ2v) is 5.04. The van der Waals surface area contributed by atoms with E-state index in [9.17, 15) is 13.2 Å². The molecule has 0 aliphatic carbocycles. The highest BCUT2D eigenvalue weighted by atomic mass is 35.5. The highest BCUT2D eigenvalue weighted by Gasteiger charge is 2.36. The van der Waals surface area contributed by atoms with Crippen molar-refractivity contribution in [2.24, 2.45) is 0 Å². The summed E-state index contributed by atoms with van der Waals surface area (Å²) in [5.74, 6) is 0. The smallest absolute Gasteiger partial charge is 0.385 e. The Morgan fingerprint density at radius 1 is 1.25 bits per heavy atom. The fourth-order valence-corrected chi connectivity index (χ4v) is 2.54. The van der Waals surface area contributed by atoms with E-state index >= 15 is 0 Å². The van der Waals surface area contributed by atoms with E-state index in [1.807, 2.05) is 6.92 Å². The molecule has 6 heteroatoms. The van der Waals surface area contributed by atoms with Crippen molar-refractivity contribution >= 4 is 28.2 Å². The highest BCUT2D eigenvalue weighted by molar-refractivity contribution is 6.31. The van der Waals surface area contributed by atoms with Crippen LogP contribution < -0.4 is 5.32 Å². The van der Waals surface area contributed by atoms with E-state index < -0.39 is 11.9 Å². The third-order valence-electron chi connectivity index (χ3n) is 3.11. The Bertz CT molecular complexity index is 666. The minimum atomic E-state index is -4.48. The zero-order chi connectivity index (χ0) is 15.1. The lowest BCUT2D eigenvalue weighted by molar-refractivity contribution is -0.141. The fourth-order valence-electron chi connectivity index (χ4n) is 2.27. The summed E-state index contributed by atoms with van der Waals surface area (Å²) in [6.07, 6.45) is -4.48. The lowest BCUT2D eigenvalue weighted by Crippen LogP contribution is -2.14. The van der Waals surface area contributed by atoms with Crippen LogP contribution in [-0.2, 0) is 6.18 Å². The van der Waals surface area contributed by atoms with Gasteiger partial charge in [0.2, 0.25) is 0 Å². The lowest BCUT2D eigenvalue weighted by atomic mass is 10.0. The Hall–Kier alpha value is -1.49. The van der Waals surface area contributed by atoms with Gasteiger partial charge in [0, 0.05) is 28.2 Å². The summed E-state index contributed by atoms with van der Waals surface area (Å²) in [5, 5.41) is 4.08. The zero-order valence-corrected chi connectivity index (χ0v) is 12.1. The van der Waals surface area contributed by atoms with Crippen molar-refractivity contribution in [1.29, 1.82) is 0 Å². The molecule has 0 saturated heterocycles. The van der Waals surface area contributed by atoms with Crippen LogP contribution in [0.4, 0.5) is 18.9 Å². The molecule has 0 unspecified atom stereocenters. The number of rotatable bonds is 2. The van der Waals surface area contributed by atoms with Gasteiger partial charge in [-0.15, -0.1) is 0 Å². The molecule has 108 valence electrons. The number of nitrogens with zero attached hydrogens (tertiary/aromatic N) is 1. The van der Waals surface area contributed by atoms with Gasteiger partial charge in [-0.25, -0.2) is 4.98 Å². The van der Waals surface area contributed by atoms with E-state index in [2.05, 4.69) is 10.3 Å². The Balaban J connectivity index is 2.91. The molecule has 20 heavy (non-hydrogen) atoms. The molecular formula is C14H14ClF3N2. The standard InChI is InChI=1S/C14H14ClF3N2/c1-4-19-12-8(3)13(14(16,17)18)20-11-7(2)5-9(15)6-10(11)12/h5-6H,4H2,1-3H3,(H,19,20). The van der Waals surface area contributed by atoms with Crippen molar-refractivity contribution < 1.29 is 13.2 Å². The van der Waals surface area contributed by atoms with Crippen LogP contribution in [0, 0.1) is 13.8 Å².